The van der Waals surface area contributed by atoms with Crippen LogP contribution in [0.4, 0.5) is 32.0 Å². The third kappa shape index (κ3) is 4.60. The van der Waals surface area contributed by atoms with Crippen LogP contribution in [0.2, 0.25) is 0 Å². The fourth-order valence-electron chi connectivity index (χ4n) is 3.25. The molecule has 11 heteroatoms. The van der Waals surface area contributed by atoms with Gasteiger partial charge in [0.15, 0.2) is 11.5 Å². The number of ketones is 1. The van der Waals surface area contributed by atoms with E-state index in [0.29, 0.717) is 6.07 Å². The van der Waals surface area contributed by atoms with Crippen LogP contribution < -0.4 is 0 Å². The maximum atomic E-state index is 13.2. The summed E-state index contributed by atoms with van der Waals surface area (Å²) in [6.45, 7) is 7.44. The van der Waals surface area contributed by atoms with Crippen molar-refractivity contribution in [3.63, 3.8) is 0 Å². The van der Waals surface area contributed by atoms with Crippen LogP contribution in [0.5, 0.6) is 0 Å². The van der Waals surface area contributed by atoms with Crippen LogP contribution in [0.1, 0.15) is 23.6 Å². The summed E-state index contributed by atoms with van der Waals surface area (Å²) in [5.74, 6) is -0.864. The summed E-state index contributed by atoms with van der Waals surface area (Å²) in [5, 5.41) is 14.3. The lowest BCUT2D eigenvalue weighted by Gasteiger charge is -2.22. The van der Waals surface area contributed by atoms with Crippen LogP contribution in [-0.2, 0) is 30.1 Å². The molecule has 0 spiro atoms. The molecule has 1 N–H and O–H groups in total. The van der Waals surface area contributed by atoms with E-state index in [0.717, 1.165) is 36.0 Å². The number of hydrogen-bond acceptors (Lipinski definition) is 3. The number of alkyl halides is 6. The standard InChI is InChI=1S/C21H15F6N3O2/c1-19(32,11-30-17-5-3-4-14(20(22,23)24)13(17)10-29-30)18(31)9-12-6-7-16(28-2)15(8-12)21(25,26)27/h3-8,10,32H,9,11H2,1H3/t19-/m0/s1. The molecule has 0 fully saturated rings. The number of rotatable bonds is 5. The summed E-state index contributed by atoms with van der Waals surface area (Å²) >= 11 is 0. The Labute approximate surface area is 177 Å². The van der Waals surface area contributed by atoms with E-state index in [1.807, 2.05) is 0 Å². The van der Waals surface area contributed by atoms with Crippen molar-refractivity contribution in [1.82, 2.24) is 9.78 Å². The predicted molar refractivity (Wildman–Crippen MR) is 102 cm³/mol. The number of fused-ring (bicyclic) bond motifs is 1. The van der Waals surface area contributed by atoms with Gasteiger partial charge in [0.1, 0.15) is 5.60 Å². The van der Waals surface area contributed by atoms with Crippen LogP contribution in [0.25, 0.3) is 15.7 Å². The Bertz CT molecular complexity index is 1220. The fourth-order valence-corrected chi connectivity index (χ4v) is 3.25. The van der Waals surface area contributed by atoms with Crippen molar-refractivity contribution < 1.29 is 36.2 Å². The zero-order valence-electron chi connectivity index (χ0n) is 16.4. The van der Waals surface area contributed by atoms with Crippen LogP contribution in [0.15, 0.2) is 42.6 Å². The maximum absolute atomic E-state index is 13.2. The molecule has 5 nitrogen and oxygen atoms in total. The van der Waals surface area contributed by atoms with Gasteiger partial charge in [-0.3, -0.25) is 9.48 Å². The molecule has 0 bridgehead atoms. The zero-order chi connectivity index (χ0) is 23.9. The van der Waals surface area contributed by atoms with Gasteiger partial charge in [0.05, 0.1) is 36.0 Å². The van der Waals surface area contributed by atoms with Crippen LogP contribution in [-0.4, -0.2) is 26.3 Å². The normalized spacial score (nSPS) is 14.2. The van der Waals surface area contributed by atoms with Crippen molar-refractivity contribution in [3.8, 4) is 0 Å². The summed E-state index contributed by atoms with van der Waals surface area (Å²) in [6.07, 6.45) is -9.04. The molecule has 2 aromatic carbocycles. The van der Waals surface area contributed by atoms with Crippen molar-refractivity contribution in [2.24, 2.45) is 0 Å². The number of carbonyl (C=O) groups excluding carboxylic acids is 1. The minimum absolute atomic E-state index is 0.0358. The molecule has 32 heavy (non-hydrogen) atoms. The van der Waals surface area contributed by atoms with Gasteiger partial charge in [-0.05, 0) is 24.6 Å². The Morgan fingerprint density at radius 2 is 1.75 bits per heavy atom. The van der Waals surface area contributed by atoms with E-state index in [2.05, 4.69) is 9.94 Å². The minimum atomic E-state index is -4.80. The topological polar surface area (TPSA) is 59.5 Å². The van der Waals surface area contributed by atoms with E-state index >= 15 is 0 Å². The van der Waals surface area contributed by atoms with E-state index in [4.69, 9.17) is 6.57 Å². The lowest BCUT2D eigenvalue weighted by atomic mass is 9.94. The summed E-state index contributed by atoms with van der Waals surface area (Å²) in [4.78, 5) is 15.4. The number of benzene rings is 2. The lowest BCUT2D eigenvalue weighted by Crippen LogP contribution is -2.41. The molecule has 3 aromatic rings. The zero-order valence-corrected chi connectivity index (χ0v) is 16.4. The van der Waals surface area contributed by atoms with Gasteiger partial charge in [0.2, 0.25) is 0 Å². The Hall–Kier alpha value is -3.39. The van der Waals surface area contributed by atoms with E-state index in [1.54, 1.807) is 0 Å². The first-order valence-corrected chi connectivity index (χ1v) is 9.09. The van der Waals surface area contributed by atoms with Crippen molar-refractivity contribution in [1.29, 1.82) is 0 Å². The van der Waals surface area contributed by atoms with Gasteiger partial charge in [0.25, 0.3) is 0 Å². The SMILES string of the molecule is [C-]#[N+]c1ccc(CC(=O)[C@@](C)(O)Cn2ncc3c(C(F)(F)F)cccc32)cc1C(F)(F)F. The Kier molecular flexibility index (Phi) is 5.78. The first kappa shape index (κ1) is 23.3. The van der Waals surface area contributed by atoms with Crippen molar-refractivity contribution in [3.05, 3.63) is 70.7 Å². The smallest absolute Gasteiger partial charge is 0.380 e. The van der Waals surface area contributed by atoms with Crippen molar-refractivity contribution in [2.75, 3.05) is 0 Å². The second-order valence-electron chi connectivity index (χ2n) is 7.37. The highest BCUT2D eigenvalue weighted by Crippen LogP contribution is 2.37. The molecule has 3 rings (SSSR count). The minimum Gasteiger partial charge on any atom is -0.380 e. The molecule has 0 radical (unpaired) electrons. The molecule has 1 aromatic heterocycles. The Morgan fingerprint density at radius 3 is 2.34 bits per heavy atom. The molecule has 0 aliphatic heterocycles. The van der Waals surface area contributed by atoms with E-state index in [1.165, 1.54) is 12.1 Å². The fraction of sp³-hybridized carbons (Fsp3) is 0.286. The van der Waals surface area contributed by atoms with Crippen LogP contribution in [0.3, 0.4) is 0 Å². The highest BCUT2D eigenvalue weighted by molar-refractivity contribution is 5.89. The van der Waals surface area contributed by atoms with Gasteiger partial charge in [-0.15, -0.1) is 0 Å². The lowest BCUT2D eigenvalue weighted by molar-refractivity contribution is -0.138. The monoisotopic (exact) mass is 455 g/mol. The van der Waals surface area contributed by atoms with E-state index in [-0.39, 0.29) is 16.5 Å². The number of halogens is 6. The average Bonchev–Trinajstić information content (AvgIpc) is 3.08. The second kappa shape index (κ2) is 7.94. The quantitative estimate of drug-likeness (QED) is 0.426. The van der Waals surface area contributed by atoms with Crippen LogP contribution >= 0.6 is 0 Å². The van der Waals surface area contributed by atoms with Gasteiger partial charge < -0.3 is 5.11 Å². The molecule has 0 unspecified atom stereocenters. The summed E-state index contributed by atoms with van der Waals surface area (Å²) in [7, 11) is 0. The number of hydrogen-bond donors (Lipinski definition) is 1. The molecule has 0 aliphatic carbocycles. The van der Waals surface area contributed by atoms with E-state index < -0.39 is 53.5 Å². The molecule has 0 saturated heterocycles. The Balaban J connectivity index is 1.87. The highest BCUT2D eigenvalue weighted by atomic mass is 19.4. The van der Waals surface area contributed by atoms with Gasteiger partial charge in [-0.1, -0.05) is 24.3 Å². The molecular weight excluding hydrogens is 440 g/mol. The number of aromatic nitrogens is 2. The molecule has 1 atom stereocenters. The van der Waals surface area contributed by atoms with Crippen molar-refractivity contribution in [2.45, 2.75) is 37.8 Å². The maximum Gasteiger partial charge on any atom is 0.417 e. The van der Waals surface area contributed by atoms with Crippen molar-refractivity contribution >= 4 is 22.4 Å². The van der Waals surface area contributed by atoms with E-state index in [9.17, 15) is 36.2 Å². The number of carbonyl (C=O) groups is 1. The third-order valence-electron chi connectivity index (χ3n) is 4.90. The Morgan fingerprint density at radius 1 is 1.09 bits per heavy atom. The van der Waals surface area contributed by atoms with Gasteiger partial charge in [-0.25, -0.2) is 4.85 Å². The first-order chi connectivity index (χ1) is 14.7. The highest BCUT2D eigenvalue weighted by Gasteiger charge is 2.36. The van der Waals surface area contributed by atoms with Gasteiger partial charge in [-0.2, -0.15) is 31.4 Å². The molecule has 1 heterocycles. The molecule has 0 saturated carbocycles. The number of nitrogens with zero attached hydrogens (tertiary/aromatic N) is 3. The molecular formula is C21H15F6N3O2. The van der Waals surface area contributed by atoms with Crippen LogP contribution in [0, 0.1) is 6.57 Å². The molecule has 168 valence electrons. The number of Topliss-reactive ketones (excluding diaryl/α,β-unsaturated/α-hetero) is 1. The predicted octanol–water partition coefficient (Wildman–Crippen LogP) is 5.19. The molecule has 0 aliphatic rings. The third-order valence-corrected chi connectivity index (χ3v) is 4.90. The summed E-state index contributed by atoms with van der Waals surface area (Å²) in [6, 6.07) is 6.17. The van der Waals surface area contributed by atoms with Gasteiger partial charge in [0, 0.05) is 11.8 Å². The summed E-state index contributed by atoms with van der Waals surface area (Å²) < 4.78 is 79.9. The molecule has 0 amide bonds. The first-order valence-electron chi connectivity index (χ1n) is 9.09. The largest absolute Gasteiger partial charge is 0.417 e. The second-order valence-corrected chi connectivity index (χ2v) is 7.37. The average molecular weight is 455 g/mol. The summed E-state index contributed by atoms with van der Waals surface area (Å²) in [5.41, 5.74) is -4.91. The van der Waals surface area contributed by atoms with Gasteiger partial charge >= 0.3 is 12.4 Å². The number of aliphatic hydroxyl groups is 1.